The quantitative estimate of drug-likeness (QED) is 0.911. The topological polar surface area (TPSA) is 34.2 Å². The molecule has 3 nitrogen and oxygen atoms in total. The molecule has 18 heavy (non-hydrogen) atoms. The highest BCUT2D eigenvalue weighted by Crippen LogP contribution is 2.40. The van der Waals surface area contributed by atoms with E-state index in [4.69, 9.17) is 9.72 Å². The summed E-state index contributed by atoms with van der Waals surface area (Å²) in [6, 6.07) is 0. The monoisotopic (exact) mass is 268 g/mol. The zero-order valence-electron chi connectivity index (χ0n) is 11.9. The number of aryl methyl sites for hydroxylation is 2. The van der Waals surface area contributed by atoms with E-state index >= 15 is 0 Å². The van der Waals surface area contributed by atoms with Crippen molar-refractivity contribution >= 4 is 11.3 Å². The van der Waals surface area contributed by atoms with Crippen LogP contribution >= 0.6 is 11.3 Å². The molecule has 2 atom stereocenters. The number of hydrogen-bond acceptors (Lipinski definition) is 4. The highest BCUT2D eigenvalue weighted by molar-refractivity contribution is 7.11. The van der Waals surface area contributed by atoms with Gasteiger partial charge in [0, 0.05) is 12.0 Å². The van der Waals surface area contributed by atoms with Crippen LogP contribution in [0.15, 0.2) is 0 Å². The van der Waals surface area contributed by atoms with Gasteiger partial charge in [0.2, 0.25) is 0 Å². The first kappa shape index (κ1) is 14.0. The van der Waals surface area contributed by atoms with Crippen molar-refractivity contribution in [1.82, 2.24) is 10.3 Å². The molecule has 0 amide bonds. The molecule has 0 aliphatic heterocycles. The molecular formula is C14H24N2OS. The highest BCUT2D eigenvalue weighted by atomic mass is 32.1. The maximum atomic E-state index is 5.59. The summed E-state index contributed by atoms with van der Waals surface area (Å²) < 4.78 is 5.59. The first-order chi connectivity index (χ1) is 8.61. The van der Waals surface area contributed by atoms with E-state index in [2.05, 4.69) is 26.1 Å². The Morgan fingerprint density at radius 3 is 2.83 bits per heavy atom. The molecule has 4 heteroatoms. The summed E-state index contributed by atoms with van der Waals surface area (Å²) in [5, 5.41) is 4.94. The number of hydrogen-bond donors (Lipinski definition) is 1. The van der Waals surface area contributed by atoms with Gasteiger partial charge in [0.1, 0.15) is 5.01 Å². The minimum absolute atomic E-state index is 0.0391. The average molecular weight is 268 g/mol. The third-order valence-corrected chi connectivity index (χ3v) is 5.27. The number of methoxy groups -OCH3 is 1. The maximum Gasteiger partial charge on any atom is 0.113 e. The summed E-state index contributed by atoms with van der Waals surface area (Å²) in [6.07, 6.45) is 4.97. The lowest BCUT2D eigenvalue weighted by molar-refractivity contribution is 0.0296. The predicted octanol–water partition coefficient (Wildman–Crippen LogP) is 3.15. The fourth-order valence-electron chi connectivity index (χ4n) is 2.87. The van der Waals surface area contributed by atoms with Crippen LogP contribution in [-0.4, -0.2) is 24.7 Å². The number of rotatable bonds is 4. The van der Waals surface area contributed by atoms with Crippen LogP contribution in [-0.2, 0) is 10.3 Å². The van der Waals surface area contributed by atoms with Crippen molar-refractivity contribution in [3.8, 4) is 0 Å². The second kappa shape index (κ2) is 5.68. The van der Waals surface area contributed by atoms with Gasteiger partial charge in [-0.15, -0.1) is 11.3 Å². The Hall–Kier alpha value is -0.450. The van der Waals surface area contributed by atoms with Crippen molar-refractivity contribution in [3.05, 3.63) is 15.6 Å². The lowest BCUT2D eigenvalue weighted by Crippen LogP contribution is -2.47. The zero-order valence-corrected chi connectivity index (χ0v) is 12.7. The molecule has 0 spiro atoms. The third kappa shape index (κ3) is 2.60. The molecule has 1 saturated carbocycles. The van der Waals surface area contributed by atoms with E-state index < -0.39 is 0 Å². The number of ether oxygens (including phenoxy) is 1. The van der Waals surface area contributed by atoms with E-state index in [1.807, 2.05) is 18.4 Å². The van der Waals surface area contributed by atoms with Crippen LogP contribution in [0.2, 0.25) is 0 Å². The molecule has 1 aromatic heterocycles. The third-order valence-electron chi connectivity index (χ3n) is 3.99. The molecule has 1 N–H and O–H groups in total. The summed E-state index contributed by atoms with van der Waals surface area (Å²) in [7, 11) is 1.82. The molecule has 0 aromatic carbocycles. The highest BCUT2D eigenvalue weighted by Gasteiger charge is 2.39. The second-order valence-electron chi connectivity index (χ2n) is 5.23. The van der Waals surface area contributed by atoms with Crippen LogP contribution in [0.3, 0.4) is 0 Å². The maximum absolute atomic E-state index is 5.59. The molecule has 1 aliphatic carbocycles. The van der Waals surface area contributed by atoms with E-state index in [-0.39, 0.29) is 5.54 Å². The summed E-state index contributed by atoms with van der Waals surface area (Å²) in [6.45, 7) is 7.41. The van der Waals surface area contributed by atoms with Gasteiger partial charge >= 0.3 is 0 Å². The average Bonchev–Trinajstić information content (AvgIpc) is 2.71. The molecule has 0 radical (unpaired) electrons. The standard InChI is InChI=1S/C14H24N2OS/c1-5-15-14(8-6-7-12(9-14)17-4)13-16-10(2)11(3)18-13/h12,15H,5-9H2,1-4H3. The fraction of sp³-hybridized carbons (Fsp3) is 0.786. The van der Waals surface area contributed by atoms with Gasteiger partial charge in [-0.25, -0.2) is 4.98 Å². The van der Waals surface area contributed by atoms with E-state index in [9.17, 15) is 0 Å². The van der Waals surface area contributed by atoms with Gasteiger partial charge in [0.25, 0.3) is 0 Å². The van der Waals surface area contributed by atoms with E-state index in [1.54, 1.807) is 0 Å². The van der Waals surface area contributed by atoms with Gasteiger partial charge in [-0.2, -0.15) is 0 Å². The van der Waals surface area contributed by atoms with Gasteiger partial charge in [-0.1, -0.05) is 6.92 Å². The van der Waals surface area contributed by atoms with E-state index in [0.29, 0.717) is 6.10 Å². The predicted molar refractivity (Wildman–Crippen MR) is 76.2 cm³/mol. The van der Waals surface area contributed by atoms with Crippen molar-refractivity contribution in [2.45, 2.75) is 58.1 Å². The largest absolute Gasteiger partial charge is 0.381 e. The van der Waals surface area contributed by atoms with Crippen LogP contribution in [0.1, 0.15) is 48.2 Å². The molecule has 0 saturated heterocycles. The second-order valence-corrected chi connectivity index (χ2v) is 6.43. The SMILES string of the molecule is CCNC1(c2nc(C)c(C)s2)CCCC(OC)C1. The van der Waals surface area contributed by atoms with Gasteiger partial charge in [-0.3, -0.25) is 0 Å². The van der Waals surface area contributed by atoms with Crippen LogP contribution in [0, 0.1) is 13.8 Å². The lowest BCUT2D eigenvalue weighted by Gasteiger charge is -2.39. The summed E-state index contributed by atoms with van der Waals surface area (Å²) in [5.41, 5.74) is 1.21. The molecule has 2 rings (SSSR count). The lowest BCUT2D eigenvalue weighted by atomic mass is 9.80. The van der Waals surface area contributed by atoms with E-state index in [1.165, 1.54) is 34.8 Å². The molecule has 1 aromatic rings. The van der Waals surface area contributed by atoms with Gasteiger partial charge in [0.15, 0.2) is 0 Å². The minimum Gasteiger partial charge on any atom is -0.381 e. The van der Waals surface area contributed by atoms with Gasteiger partial charge < -0.3 is 10.1 Å². The smallest absolute Gasteiger partial charge is 0.113 e. The minimum atomic E-state index is 0.0391. The van der Waals surface area contributed by atoms with Crippen molar-refractivity contribution in [2.24, 2.45) is 0 Å². The fourth-order valence-corrected chi connectivity index (χ4v) is 3.99. The van der Waals surface area contributed by atoms with Crippen molar-refractivity contribution in [1.29, 1.82) is 0 Å². The Morgan fingerprint density at radius 1 is 1.50 bits per heavy atom. The van der Waals surface area contributed by atoms with E-state index in [0.717, 1.165) is 13.0 Å². The van der Waals surface area contributed by atoms with Crippen LogP contribution in [0.25, 0.3) is 0 Å². The van der Waals surface area contributed by atoms with Crippen LogP contribution < -0.4 is 5.32 Å². The van der Waals surface area contributed by atoms with Crippen LogP contribution in [0.5, 0.6) is 0 Å². The molecule has 1 fully saturated rings. The van der Waals surface area contributed by atoms with Gasteiger partial charge in [0.05, 0.1) is 17.3 Å². The summed E-state index contributed by atoms with van der Waals surface area (Å²) >= 11 is 1.84. The Morgan fingerprint density at radius 2 is 2.28 bits per heavy atom. The molecule has 2 unspecified atom stereocenters. The number of nitrogens with one attached hydrogen (secondary N) is 1. The van der Waals surface area contributed by atoms with Crippen molar-refractivity contribution in [3.63, 3.8) is 0 Å². The molecular weight excluding hydrogens is 244 g/mol. The molecule has 0 bridgehead atoms. The number of nitrogens with zero attached hydrogens (tertiary/aromatic N) is 1. The first-order valence-corrected chi connectivity index (χ1v) is 7.65. The summed E-state index contributed by atoms with van der Waals surface area (Å²) in [5.74, 6) is 0. The van der Waals surface area contributed by atoms with Crippen LogP contribution in [0.4, 0.5) is 0 Å². The Bertz CT molecular complexity index is 381. The normalized spacial score (nSPS) is 28.6. The molecule has 102 valence electrons. The number of thiazole rings is 1. The van der Waals surface area contributed by atoms with Crippen molar-refractivity contribution in [2.75, 3.05) is 13.7 Å². The molecule has 1 heterocycles. The Kier molecular flexibility index (Phi) is 4.41. The first-order valence-electron chi connectivity index (χ1n) is 6.83. The number of aromatic nitrogens is 1. The Labute approximate surface area is 114 Å². The van der Waals surface area contributed by atoms with Crippen molar-refractivity contribution < 1.29 is 4.74 Å². The summed E-state index contributed by atoms with van der Waals surface area (Å²) in [4.78, 5) is 6.13. The zero-order chi connectivity index (χ0) is 13.2. The molecule has 1 aliphatic rings. The Balaban J connectivity index is 2.30. The van der Waals surface area contributed by atoms with Gasteiger partial charge in [-0.05, 0) is 46.1 Å².